The van der Waals surface area contributed by atoms with Crippen molar-refractivity contribution in [1.29, 1.82) is 0 Å². The van der Waals surface area contributed by atoms with Crippen LogP contribution >= 0.6 is 12.4 Å². The van der Waals surface area contributed by atoms with E-state index in [1.807, 2.05) is 0 Å². The van der Waals surface area contributed by atoms with Crippen LogP contribution in [0.4, 0.5) is 0 Å². The van der Waals surface area contributed by atoms with E-state index in [2.05, 4.69) is 10.9 Å². The van der Waals surface area contributed by atoms with Crippen LogP contribution < -0.4 is 10.9 Å². The summed E-state index contributed by atoms with van der Waals surface area (Å²) in [5.74, 6) is 0. The predicted molar refractivity (Wildman–Crippen MR) is 32.5 cm³/mol. The van der Waals surface area contributed by atoms with E-state index in [0.717, 1.165) is 13.1 Å². The van der Waals surface area contributed by atoms with Gasteiger partial charge in [0.05, 0.1) is 0 Å². The van der Waals surface area contributed by atoms with Gasteiger partial charge in [-0.05, 0) is 12.8 Å². The second kappa shape index (κ2) is 4.37. The summed E-state index contributed by atoms with van der Waals surface area (Å²) in [4.78, 5) is 0. The summed E-state index contributed by atoms with van der Waals surface area (Å²) in [7, 11) is 0. The van der Waals surface area contributed by atoms with Crippen molar-refractivity contribution in [3.63, 3.8) is 0 Å². The van der Waals surface area contributed by atoms with Gasteiger partial charge in [0.25, 0.3) is 0 Å². The summed E-state index contributed by atoms with van der Waals surface area (Å²) in [6.07, 6.45) is 2.65. The summed E-state index contributed by atoms with van der Waals surface area (Å²) in [5, 5.41) is 0. The molecule has 2 N–H and O–H groups in total. The minimum absolute atomic E-state index is 0. The summed E-state index contributed by atoms with van der Waals surface area (Å²) < 4.78 is 0. The number of hydrogen-bond donors (Lipinski definition) is 2. The lowest BCUT2D eigenvalue weighted by atomic mass is 10.3. The van der Waals surface area contributed by atoms with Gasteiger partial charge in [0.15, 0.2) is 0 Å². The molecule has 1 fully saturated rings. The number of hydrogen-bond acceptors (Lipinski definition) is 2. The Morgan fingerprint density at radius 3 is 1.43 bits per heavy atom. The van der Waals surface area contributed by atoms with Crippen molar-refractivity contribution in [2.75, 3.05) is 13.1 Å². The lowest BCUT2D eigenvalue weighted by molar-refractivity contribution is 0.443. The Balaban J connectivity index is 0.000000360. The van der Waals surface area contributed by atoms with Gasteiger partial charge in [-0.15, -0.1) is 12.4 Å². The lowest BCUT2D eigenvalue weighted by Gasteiger charge is -2.10. The highest BCUT2D eigenvalue weighted by Gasteiger charge is 1.92. The minimum Gasteiger partial charge on any atom is -0.258 e. The Kier molecular flexibility index (Phi) is 4.50. The van der Waals surface area contributed by atoms with E-state index in [9.17, 15) is 0 Å². The first kappa shape index (κ1) is 7.21. The van der Waals surface area contributed by atoms with E-state index in [4.69, 9.17) is 0 Å². The molecule has 7 heavy (non-hydrogen) atoms. The van der Waals surface area contributed by atoms with Crippen molar-refractivity contribution >= 4 is 12.4 Å². The topological polar surface area (TPSA) is 24.1 Å². The number of nitrogens with one attached hydrogen (secondary N) is 2. The fraction of sp³-hybridized carbons (Fsp3) is 1.00. The van der Waals surface area contributed by atoms with Crippen LogP contribution in [0.1, 0.15) is 12.8 Å². The van der Waals surface area contributed by atoms with Gasteiger partial charge in [0.2, 0.25) is 0 Å². The summed E-state index contributed by atoms with van der Waals surface area (Å²) in [5.41, 5.74) is 6.07. The predicted octanol–water partition coefficient (Wildman–Crippen LogP) is 0.296. The van der Waals surface area contributed by atoms with Gasteiger partial charge < -0.3 is 0 Å². The van der Waals surface area contributed by atoms with Crippen LogP contribution in [0.5, 0.6) is 0 Å². The van der Waals surface area contributed by atoms with Gasteiger partial charge in [-0.1, -0.05) is 0 Å². The Morgan fingerprint density at radius 2 is 1.29 bits per heavy atom. The average Bonchev–Trinajstić information content (AvgIpc) is 1.72. The first-order valence-electron chi connectivity index (χ1n) is 2.46. The molecule has 1 rings (SSSR count). The molecule has 3 heteroatoms. The maximum atomic E-state index is 3.03. The quantitative estimate of drug-likeness (QED) is 0.483. The number of hydrazine groups is 1. The molecule has 0 atom stereocenters. The fourth-order valence-electron chi connectivity index (χ4n) is 0.604. The molecule has 1 aliphatic rings. The van der Waals surface area contributed by atoms with E-state index in [1.54, 1.807) is 0 Å². The first-order chi connectivity index (χ1) is 3.00. The monoisotopic (exact) mass is 122 g/mol. The molecule has 0 spiro atoms. The molecule has 0 radical (unpaired) electrons. The van der Waals surface area contributed by atoms with Crippen molar-refractivity contribution in [3.8, 4) is 0 Å². The second-order valence-electron chi connectivity index (χ2n) is 1.56. The zero-order chi connectivity index (χ0) is 4.24. The Labute approximate surface area is 50.1 Å². The van der Waals surface area contributed by atoms with Gasteiger partial charge in [0.1, 0.15) is 0 Å². The fourth-order valence-corrected chi connectivity index (χ4v) is 0.604. The van der Waals surface area contributed by atoms with Gasteiger partial charge in [-0.25, -0.2) is 0 Å². The van der Waals surface area contributed by atoms with Gasteiger partial charge in [0, 0.05) is 13.1 Å². The SMILES string of the molecule is C1CCNNC1.Cl. The molecule has 0 aliphatic carbocycles. The van der Waals surface area contributed by atoms with E-state index in [0.29, 0.717) is 0 Å². The van der Waals surface area contributed by atoms with Gasteiger partial charge in [-0.3, -0.25) is 10.9 Å². The van der Waals surface area contributed by atoms with E-state index < -0.39 is 0 Å². The third kappa shape index (κ3) is 2.85. The molecule has 1 aliphatic heterocycles. The molecule has 0 bridgehead atoms. The smallest absolute Gasteiger partial charge is 0.0100 e. The standard InChI is InChI=1S/C4H10N2.ClH/c1-2-4-6-5-3-1;/h5-6H,1-4H2;1H. The molecular formula is C4H11ClN2. The van der Waals surface area contributed by atoms with E-state index in [-0.39, 0.29) is 12.4 Å². The van der Waals surface area contributed by atoms with Gasteiger partial charge >= 0.3 is 0 Å². The first-order valence-corrected chi connectivity index (χ1v) is 2.46. The van der Waals surface area contributed by atoms with Crippen molar-refractivity contribution in [3.05, 3.63) is 0 Å². The minimum atomic E-state index is 0. The molecule has 0 aromatic carbocycles. The second-order valence-corrected chi connectivity index (χ2v) is 1.56. The molecule has 44 valence electrons. The van der Waals surface area contributed by atoms with Crippen molar-refractivity contribution in [2.24, 2.45) is 0 Å². The highest BCUT2D eigenvalue weighted by molar-refractivity contribution is 5.85. The molecule has 0 saturated carbocycles. The Hall–Kier alpha value is 0.210. The lowest BCUT2D eigenvalue weighted by Crippen LogP contribution is -2.37. The molecule has 1 heterocycles. The zero-order valence-electron chi connectivity index (χ0n) is 4.24. The Morgan fingerprint density at radius 1 is 0.857 bits per heavy atom. The van der Waals surface area contributed by atoms with E-state index >= 15 is 0 Å². The van der Waals surface area contributed by atoms with Crippen LogP contribution in [0, 0.1) is 0 Å². The maximum Gasteiger partial charge on any atom is 0.0100 e. The summed E-state index contributed by atoms with van der Waals surface area (Å²) >= 11 is 0. The highest BCUT2D eigenvalue weighted by atomic mass is 35.5. The van der Waals surface area contributed by atoms with Crippen LogP contribution in [0.3, 0.4) is 0 Å². The molecule has 0 unspecified atom stereocenters. The highest BCUT2D eigenvalue weighted by Crippen LogP contribution is 1.85. The van der Waals surface area contributed by atoms with Crippen LogP contribution in [-0.2, 0) is 0 Å². The van der Waals surface area contributed by atoms with Gasteiger partial charge in [-0.2, -0.15) is 0 Å². The van der Waals surface area contributed by atoms with Crippen molar-refractivity contribution in [2.45, 2.75) is 12.8 Å². The maximum absolute atomic E-state index is 3.03. The van der Waals surface area contributed by atoms with Crippen molar-refractivity contribution < 1.29 is 0 Å². The van der Waals surface area contributed by atoms with Crippen molar-refractivity contribution in [1.82, 2.24) is 10.9 Å². The molecular weight excluding hydrogens is 112 g/mol. The Bertz CT molecular complexity index is 25.2. The largest absolute Gasteiger partial charge is 0.258 e. The third-order valence-electron chi connectivity index (χ3n) is 0.979. The molecule has 1 saturated heterocycles. The van der Waals surface area contributed by atoms with Crippen LogP contribution in [-0.4, -0.2) is 13.1 Å². The number of rotatable bonds is 0. The average molecular weight is 123 g/mol. The van der Waals surface area contributed by atoms with Crippen LogP contribution in [0.2, 0.25) is 0 Å². The van der Waals surface area contributed by atoms with Crippen LogP contribution in [0.15, 0.2) is 0 Å². The molecule has 0 aromatic rings. The van der Waals surface area contributed by atoms with Crippen LogP contribution in [0.25, 0.3) is 0 Å². The molecule has 0 amide bonds. The normalized spacial score (nSPS) is 20.6. The number of halogens is 1. The molecule has 0 aromatic heterocycles. The zero-order valence-corrected chi connectivity index (χ0v) is 5.05. The molecule has 2 nitrogen and oxygen atoms in total. The summed E-state index contributed by atoms with van der Waals surface area (Å²) in [6, 6.07) is 0. The third-order valence-corrected chi connectivity index (χ3v) is 0.979. The van der Waals surface area contributed by atoms with E-state index in [1.165, 1.54) is 12.8 Å². The summed E-state index contributed by atoms with van der Waals surface area (Å²) in [6.45, 7) is 2.28.